The Hall–Kier alpha value is -2.66. The van der Waals surface area contributed by atoms with Crippen molar-refractivity contribution in [2.24, 2.45) is 0 Å². The first-order valence-electron chi connectivity index (χ1n) is 8.78. The molecular weight excluding hydrogens is 368 g/mol. The van der Waals surface area contributed by atoms with Gasteiger partial charge in [0, 0.05) is 5.56 Å². The largest absolute Gasteiger partial charge is 0.506 e. The maximum atomic E-state index is 12.4. The van der Waals surface area contributed by atoms with Crippen LogP contribution in [0, 0.1) is 0 Å². The van der Waals surface area contributed by atoms with Crippen LogP contribution in [-0.4, -0.2) is 30.7 Å². The lowest BCUT2D eigenvalue weighted by molar-refractivity contribution is 0.104. The van der Waals surface area contributed by atoms with E-state index in [1.807, 2.05) is 20.8 Å². The number of carbonyl (C=O) groups excluding carboxylic acids is 1. The van der Waals surface area contributed by atoms with E-state index < -0.39 is 0 Å². The van der Waals surface area contributed by atoms with Crippen LogP contribution in [0.5, 0.6) is 23.0 Å². The Labute approximate surface area is 164 Å². The number of carbonyl (C=O) groups is 1. The minimum Gasteiger partial charge on any atom is -0.506 e. The van der Waals surface area contributed by atoms with Crippen molar-refractivity contribution in [2.75, 3.05) is 19.8 Å². The van der Waals surface area contributed by atoms with Crippen molar-refractivity contribution in [3.05, 3.63) is 52.6 Å². The van der Waals surface area contributed by atoms with Crippen molar-refractivity contribution in [1.82, 2.24) is 0 Å². The number of hydrogen-bond acceptors (Lipinski definition) is 5. The van der Waals surface area contributed by atoms with Crippen molar-refractivity contribution in [3.63, 3.8) is 0 Å². The molecule has 2 rings (SSSR count). The van der Waals surface area contributed by atoms with E-state index in [1.54, 1.807) is 24.3 Å². The van der Waals surface area contributed by atoms with Crippen LogP contribution in [0.25, 0.3) is 6.08 Å². The fraction of sp³-hybridized carbons (Fsp3) is 0.286. The molecule has 5 nitrogen and oxygen atoms in total. The summed E-state index contributed by atoms with van der Waals surface area (Å²) in [7, 11) is 0. The summed E-state index contributed by atoms with van der Waals surface area (Å²) in [6, 6.07) is 8.21. The lowest BCUT2D eigenvalue weighted by Crippen LogP contribution is -2.04. The van der Waals surface area contributed by atoms with Crippen molar-refractivity contribution in [2.45, 2.75) is 20.8 Å². The van der Waals surface area contributed by atoms with Crippen molar-refractivity contribution >= 4 is 23.5 Å². The first kappa shape index (κ1) is 20.6. The zero-order chi connectivity index (χ0) is 19.8. The molecule has 0 aromatic heterocycles. The van der Waals surface area contributed by atoms with Gasteiger partial charge in [-0.2, -0.15) is 0 Å². The zero-order valence-electron chi connectivity index (χ0n) is 15.6. The number of aromatic hydroxyl groups is 1. The molecule has 1 N–H and O–H groups in total. The summed E-state index contributed by atoms with van der Waals surface area (Å²) in [5.74, 6) is 0.981. The summed E-state index contributed by atoms with van der Waals surface area (Å²) < 4.78 is 17.1. The minimum atomic E-state index is -0.371. The second kappa shape index (κ2) is 9.88. The number of ketones is 1. The van der Waals surface area contributed by atoms with E-state index >= 15 is 0 Å². The molecule has 0 atom stereocenters. The molecule has 0 saturated carbocycles. The number of ether oxygens (including phenoxy) is 3. The topological polar surface area (TPSA) is 65.0 Å². The molecular formula is C21H23ClO5. The number of allylic oxidation sites excluding steroid dienone is 1. The van der Waals surface area contributed by atoms with Gasteiger partial charge in [0.2, 0.25) is 5.75 Å². The first-order chi connectivity index (χ1) is 13.0. The molecule has 0 heterocycles. The van der Waals surface area contributed by atoms with E-state index in [2.05, 4.69) is 0 Å². The van der Waals surface area contributed by atoms with Gasteiger partial charge >= 0.3 is 0 Å². The van der Waals surface area contributed by atoms with Gasteiger partial charge in [0.05, 0.1) is 30.4 Å². The van der Waals surface area contributed by atoms with Crippen LogP contribution >= 0.6 is 11.6 Å². The molecule has 144 valence electrons. The third-order valence-electron chi connectivity index (χ3n) is 3.65. The second-order valence-electron chi connectivity index (χ2n) is 5.44. The number of phenols is 1. The summed E-state index contributed by atoms with van der Waals surface area (Å²) in [4.78, 5) is 12.4. The van der Waals surface area contributed by atoms with Crippen LogP contribution in [-0.2, 0) is 0 Å². The van der Waals surface area contributed by atoms with Crippen LogP contribution < -0.4 is 14.2 Å². The Morgan fingerprint density at radius 1 is 1.00 bits per heavy atom. The highest BCUT2D eigenvalue weighted by Gasteiger charge is 2.17. The maximum Gasteiger partial charge on any atom is 0.204 e. The van der Waals surface area contributed by atoms with E-state index in [1.165, 1.54) is 18.2 Å². The highest BCUT2D eigenvalue weighted by Crippen LogP contribution is 2.41. The van der Waals surface area contributed by atoms with Gasteiger partial charge in [0.1, 0.15) is 5.75 Å². The Kier molecular flexibility index (Phi) is 7.55. The molecule has 0 radical (unpaired) electrons. The van der Waals surface area contributed by atoms with Gasteiger partial charge in [-0.1, -0.05) is 17.7 Å². The maximum absolute atomic E-state index is 12.4. The Morgan fingerprint density at radius 3 is 2.33 bits per heavy atom. The molecule has 0 aliphatic heterocycles. The van der Waals surface area contributed by atoms with Crippen LogP contribution in [0.4, 0.5) is 0 Å². The summed E-state index contributed by atoms with van der Waals surface area (Å²) in [5.41, 5.74) is 0.797. The van der Waals surface area contributed by atoms with E-state index in [4.69, 9.17) is 25.8 Å². The van der Waals surface area contributed by atoms with Gasteiger partial charge in [0.25, 0.3) is 0 Å². The van der Waals surface area contributed by atoms with Gasteiger partial charge in [-0.15, -0.1) is 0 Å². The van der Waals surface area contributed by atoms with E-state index in [9.17, 15) is 9.90 Å². The fourth-order valence-electron chi connectivity index (χ4n) is 2.50. The predicted octanol–water partition coefficient (Wildman–Crippen LogP) is 5.14. The molecule has 2 aromatic carbocycles. The molecule has 0 aliphatic carbocycles. The molecule has 0 aliphatic rings. The third-order valence-corrected chi connectivity index (χ3v) is 3.96. The summed E-state index contributed by atoms with van der Waals surface area (Å²) in [5, 5.41) is 10.1. The SMILES string of the molecule is CCOc1ccc(C=CC(=O)c2cccc(Cl)c2O)c(OCC)c1OCC. The summed E-state index contributed by atoms with van der Waals surface area (Å²) in [6.45, 7) is 7.00. The number of benzene rings is 2. The van der Waals surface area contributed by atoms with Crippen LogP contribution in [0.2, 0.25) is 5.02 Å². The van der Waals surface area contributed by atoms with Gasteiger partial charge in [-0.3, -0.25) is 4.79 Å². The zero-order valence-corrected chi connectivity index (χ0v) is 16.4. The van der Waals surface area contributed by atoms with Crippen LogP contribution in [0.3, 0.4) is 0 Å². The summed E-state index contributed by atoms with van der Waals surface area (Å²) in [6.07, 6.45) is 2.98. The lowest BCUT2D eigenvalue weighted by Gasteiger charge is -2.17. The summed E-state index contributed by atoms with van der Waals surface area (Å²) >= 11 is 5.87. The molecule has 6 heteroatoms. The number of para-hydroxylation sites is 1. The Morgan fingerprint density at radius 2 is 1.67 bits per heavy atom. The van der Waals surface area contributed by atoms with E-state index in [0.29, 0.717) is 42.6 Å². The highest BCUT2D eigenvalue weighted by molar-refractivity contribution is 6.32. The minimum absolute atomic E-state index is 0.129. The Bertz CT molecular complexity index is 830. The normalized spacial score (nSPS) is 10.8. The number of halogens is 1. The molecule has 0 amide bonds. The third kappa shape index (κ3) is 4.95. The highest BCUT2D eigenvalue weighted by atomic mass is 35.5. The van der Waals surface area contributed by atoms with Gasteiger partial charge in [0.15, 0.2) is 17.3 Å². The molecule has 0 saturated heterocycles. The molecule has 0 spiro atoms. The van der Waals surface area contributed by atoms with Crippen molar-refractivity contribution in [3.8, 4) is 23.0 Å². The molecule has 0 fully saturated rings. The van der Waals surface area contributed by atoms with Gasteiger partial charge < -0.3 is 19.3 Å². The average molecular weight is 391 g/mol. The van der Waals surface area contributed by atoms with Crippen LogP contribution in [0.1, 0.15) is 36.7 Å². The van der Waals surface area contributed by atoms with Crippen molar-refractivity contribution < 1.29 is 24.1 Å². The molecule has 0 unspecified atom stereocenters. The quantitative estimate of drug-likeness (QED) is 0.474. The smallest absolute Gasteiger partial charge is 0.204 e. The second-order valence-corrected chi connectivity index (χ2v) is 5.85. The number of rotatable bonds is 9. The number of hydrogen-bond donors (Lipinski definition) is 1. The standard InChI is InChI=1S/C21H23ClO5/c1-4-25-18-13-11-14(20(26-5-2)21(18)27-6-3)10-12-17(23)15-8-7-9-16(22)19(15)24/h7-13,24H,4-6H2,1-3H3. The Balaban J connectivity index is 2.42. The lowest BCUT2D eigenvalue weighted by atomic mass is 10.1. The fourth-order valence-corrected chi connectivity index (χ4v) is 2.68. The molecule has 0 bridgehead atoms. The van der Waals surface area contributed by atoms with Gasteiger partial charge in [-0.05, 0) is 57.2 Å². The molecule has 2 aromatic rings. The van der Waals surface area contributed by atoms with Gasteiger partial charge in [-0.25, -0.2) is 0 Å². The van der Waals surface area contributed by atoms with Crippen molar-refractivity contribution in [1.29, 1.82) is 0 Å². The number of phenolic OH excluding ortho intramolecular Hbond substituents is 1. The van der Waals surface area contributed by atoms with E-state index in [-0.39, 0.29) is 22.1 Å². The average Bonchev–Trinajstić information content (AvgIpc) is 2.66. The van der Waals surface area contributed by atoms with Crippen LogP contribution in [0.15, 0.2) is 36.4 Å². The first-order valence-corrected chi connectivity index (χ1v) is 9.16. The monoisotopic (exact) mass is 390 g/mol. The van der Waals surface area contributed by atoms with E-state index in [0.717, 1.165) is 0 Å². The molecule has 27 heavy (non-hydrogen) atoms. The predicted molar refractivity (Wildman–Crippen MR) is 106 cm³/mol.